The molecule has 0 saturated heterocycles. The minimum Gasteiger partial charge on any atom is -0.496 e. The van der Waals surface area contributed by atoms with E-state index in [2.05, 4.69) is 10.6 Å². The summed E-state index contributed by atoms with van der Waals surface area (Å²) >= 11 is 11.7. The highest BCUT2D eigenvalue weighted by molar-refractivity contribution is 6.40. The molecule has 120 valence electrons. The van der Waals surface area contributed by atoms with Crippen molar-refractivity contribution in [2.75, 3.05) is 12.4 Å². The van der Waals surface area contributed by atoms with Crippen LogP contribution in [0.5, 0.6) is 5.75 Å². The van der Waals surface area contributed by atoms with Gasteiger partial charge in [0.2, 0.25) is 0 Å². The second kappa shape index (κ2) is 7.85. The fourth-order valence-electron chi connectivity index (χ4n) is 1.92. The number of amides is 2. The van der Waals surface area contributed by atoms with Crippen molar-refractivity contribution in [2.45, 2.75) is 6.54 Å². The number of benzene rings is 2. The van der Waals surface area contributed by atoms with E-state index in [0.717, 1.165) is 5.56 Å². The first-order valence-electron chi connectivity index (χ1n) is 6.67. The minimum absolute atomic E-state index is 0.173. The van der Waals surface area contributed by atoms with E-state index >= 15 is 0 Å². The van der Waals surface area contributed by atoms with E-state index in [1.807, 2.05) is 12.1 Å². The van der Waals surface area contributed by atoms with Crippen molar-refractivity contribution in [3.05, 3.63) is 58.1 Å². The summed E-state index contributed by atoms with van der Waals surface area (Å²) in [4.78, 5) is 23.7. The number of anilines is 1. The highest BCUT2D eigenvalue weighted by Gasteiger charge is 2.14. The van der Waals surface area contributed by atoms with Gasteiger partial charge in [-0.2, -0.15) is 0 Å². The number of nitrogens with one attached hydrogen (secondary N) is 2. The number of hydrogen-bond acceptors (Lipinski definition) is 3. The molecule has 0 aliphatic carbocycles. The molecule has 23 heavy (non-hydrogen) atoms. The Labute approximate surface area is 143 Å². The average Bonchev–Trinajstić information content (AvgIpc) is 2.51. The fourth-order valence-corrected chi connectivity index (χ4v) is 2.44. The van der Waals surface area contributed by atoms with E-state index in [9.17, 15) is 9.59 Å². The molecule has 7 heteroatoms. The molecular weight excluding hydrogens is 339 g/mol. The van der Waals surface area contributed by atoms with Crippen LogP contribution in [0.4, 0.5) is 5.69 Å². The van der Waals surface area contributed by atoms with E-state index in [1.165, 1.54) is 25.3 Å². The first-order chi connectivity index (χ1) is 11.0. The summed E-state index contributed by atoms with van der Waals surface area (Å²) in [5, 5.41) is 5.69. The van der Waals surface area contributed by atoms with Crippen LogP contribution < -0.4 is 15.4 Å². The van der Waals surface area contributed by atoms with Crippen molar-refractivity contribution < 1.29 is 14.3 Å². The lowest BCUT2D eigenvalue weighted by molar-refractivity contribution is -0.136. The maximum atomic E-state index is 11.9. The van der Waals surface area contributed by atoms with Gasteiger partial charge in [-0.05, 0) is 24.3 Å². The monoisotopic (exact) mass is 352 g/mol. The van der Waals surface area contributed by atoms with Crippen molar-refractivity contribution in [3.8, 4) is 5.75 Å². The van der Waals surface area contributed by atoms with Crippen LogP contribution in [0.2, 0.25) is 10.0 Å². The topological polar surface area (TPSA) is 67.4 Å². The molecule has 0 aromatic heterocycles. The lowest BCUT2D eigenvalue weighted by atomic mass is 10.2. The van der Waals surface area contributed by atoms with Crippen LogP contribution in [0.3, 0.4) is 0 Å². The van der Waals surface area contributed by atoms with Crippen LogP contribution in [0, 0.1) is 0 Å². The molecule has 0 aliphatic rings. The summed E-state index contributed by atoms with van der Waals surface area (Å²) in [7, 11) is 1.54. The molecule has 0 saturated carbocycles. The predicted molar refractivity (Wildman–Crippen MR) is 89.9 cm³/mol. The van der Waals surface area contributed by atoms with Gasteiger partial charge in [0.15, 0.2) is 0 Å². The van der Waals surface area contributed by atoms with Gasteiger partial charge in [-0.3, -0.25) is 9.59 Å². The molecule has 0 heterocycles. The second-order valence-corrected chi connectivity index (χ2v) is 5.48. The molecule has 0 unspecified atom stereocenters. The molecule has 0 radical (unpaired) electrons. The molecule has 5 nitrogen and oxygen atoms in total. The van der Waals surface area contributed by atoms with Crippen molar-refractivity contribution in [2.24, 2.45) is 0 Å². The highest BCUT2D eigenvalue weighted by Crippen LogP contribution is 2.22. The minimum atomic E-state index is -0.807. The van der Waals surface area contributed by atoms with E-state index in [1.54, 1.807) is 12.1 Å². The SMILES string of the molecule is COc1ccccc1CNC(=O)C(=O)Nc1cc(Cl)cc(Cl)c1. The summed E-state index contributed by atoms with van der Waals surface area (Å²) in [5.74, 6) is -0.944. The van der Waals surface area contributed by atoms with Crippen LogP contribution in [0.25, 0.3) is 0 Å². The molecule has 2 aromatic carbocycles. The maximum absolute atomic E-state index is 11.9. The Bertz CT molecular complexity index is 715. The van der Waals surface area contributed by atoms with Crippen LogP contribution in [-0.2, 0) is 16.1 Å². The fraction of sp³-hybridized carbons (Fsp3) is 0.125. The zero-order valence-electron chi connectivity index (χ0n) is 12.2. The number of halogens is 2. The molecule has 0 atom stereocenters. The highest BCUT2D eigenvalue weighted by atomic mass is 35.5. The van der Waals surface area contributed by atoms with Crippen LogP contribution in [0.15, 0.2) is 42.5 Å². The van der Waals surface area contributed by atoms with Gasteiger partial charge in [-0.25, -0.2) is 0 Å². The van der Waals surface area contributed by atoms with E-state index in [0.29, 0.717) is 21.5 Å². The zero-order chi connectivity index (χ0) is 16.8. The number of carbonyl (C=O) groups is 2. The van der Waals surface area contributed by atoms with Gasteiger partial charge < -0.3 is 15.4 Å². The van der Waals surface area contributed by atoms with Crippen LogP contribution in [-0.4, -0.2) is 18.9 Å². The van der Waals surface area contributed by atoms with Crippen molar-refractivity contribution in [1.29, 1.82) is 0 Å². The predicted octanol–water partition coefficient (Wildman–Crippen LogP) is 3.26. The number of para-hydroxylation sites is 1. The van der Waals surface area contributed by atoms with Gasteiger partial charge in [-0.15, -0.1) is 0 Å². The molecule has 2 N–H and O–H groups in total. The van der Waals surface area contributed by atoms with Gasteiger partial charge in [0.25, 0.3) is 0 Å². The lowest BCUT2D eigenvalue weighted by Gasteiger charge is -2.10. The first kappa shape index (κ1) is 17.1. The Morgan fingerprint density at radius 1 is 1.04 bits per heavy atom. The second-order valence-electron chi connectivity index (χ2n) is 4.61. The van der Waals surface area contributed by atoms with Crippen molar-refractivity contribution >= 4 is 40.7 Å². The molecule has 0 aliphatic heterocycles. The van der Waals surface area contributed by atoms with Gasteiger partial charge in [0.1, 0.15) is 5.75 Å². The van der Waals surface area contributed by atoms with Crippen LogP contribution in [0.1, 0.15) is 5.56 Å². The quantitative estimate of drug-likeness (QED) is 0.830. The standard InChI is InChI=1S/C16H14Cl2N2O3/c1-23-14-5-3-2-4-10(14)9-19-15(21)16(22)20-13-7-11(17)6-12(18)8-13/h2-8H,9H2,1H3,(H,19,21)(H,20,22). The first-order valence-corrected chi connectivity index (χ1v) is 7.42. The van der Waals surface area contributed by atoms with Gasteiger partial charge in [0.05, 0.1) is 7.11 Å². The Morgan fingerprint density at radius 3 is 2.35 bits per heavy atom. The van der Waals surface area contributed by atoms with E-state index in [-0.39, 0.29) is 6.54 Å². The molecule has 2 amide bonds. The van der Waals surface area contributed by atoms with Crippen LogP contribution >= 0.6 is 23.2 Å². The summed E-state index contributed by atoms with van der Waals surface area (Å²) in [6.07, 6.45) is 0. The lowest BCUT2D eigenvalue weighted by Crippen LogP contribution is -2.35. The third-order valence-electron chi connectivity index (χ3n) is 2.96. The van der Waals surface area contributed by atoms with E-state index in [4.69, 9.17) is 27.9 Å². The Hall–Kier alpha value is -2.24. The van der Waals surface area contributed by atoms with Gasteiger partial charge in [0, 0.05) is 27.8 Å². The zero-order valence-corrected chi connectivity index (χ0v) is 13.7. The molecule has 2 rings (SSSR count). The number of hydrogen-bond donors (Lipinski definition) is 2. The summed E-state index contributed by atoms with van der Waals surface area (Å²) < 4.78 is 5.18. The Balaban J connectivity index is 1.96. The smallest absolute Gasteiger partial charge is 0.313 e. The van der Waals surface area contributed by atoms with E-state index < -0.39 is 11.8 Å². The number of rotatable bonds is 4. The van der Waals surface area contributed by atoms with Gasteiger partial charge in [-0.1, -0.05) is 41.4 Å². The number of ether oxygens (including phenoxy) is 1. The largest absolute Gasteiger partial charge is 0.496 e. The summed E-state index contributed by atoms with van der Waals surface area (Å²) in [6.45, 7) is 0.173. The molecule has 0 bridgehead atoms. The van der Waals surface area contributed by atoms with Crippen molar-refractivity contribution in [1.82, 2.24) is 5.32 Å². The number of carbonyl (C=O) groups excluding carboxylic acids is 2. The number of methoxy groups -OCH3 is 1. The summed E-state index contributed by atoms with van der Waals surface area (Å²) in [6, 6.07) is 11.7. The normalized spacial score (nSPS) is 10.0. The molecule has 0 spiro atoms. The third-order valence-corrected chi connectivity index (χ3v) is 3.40. The third kappa shape index (κ3) is 4.87. The average molecular weight is 353 g/mol. The molecule has 0 fully saturated rings. The van der Waals surface area contributed by atoms with Crippen molar-refractivity contribution in [3.63, 3.8) is 0 Å². The Morgan fingerprint density at radius 2 is 1.70 bits per heavy atom. The Kier molecular flexibility index (Phi) is 5.84. The maximum Gasteiger partial charge on any atom is 0.313 e. The summed E-state index contributed by atoms with van der Waals surface area (Å²) in [5.41, 5.74) is 1.11. The van der Waals surface area contributed by atoms with Gasteiger partial charge >= 0.3 is 11.8 Å². The molecular formula is C16H14Cl2N2O3. The molecule has 2 aromatic rings.